The molecule has 0 saturated heterocycles. The molecule has 0 fully saturated rings. The largest absolute Gasteiger partial charge is 0.387 e. The lowest BCUT2D eigenvalue weighted by Crippen LogP contribution is -2.37. The predicted octanol–water partition coefficient (Wildman–Crippen LogP) is 1.04. The van der Waals surface area contributed by atoms with E-state index in [2.05, 4.69) is 5.10 Å². The second kappa shape index (κ2) is 6.52. The predicted molar refractivity (Wildman–Crippen MR) is 71.8 cm³/mol. The number of hydrogen-bond acceptors (Lipinski definition) is 4. The highest BCUT2D eigenvalue weighted by Gasteiger charge is 2.29. The van der Waals surface area contributed by atoms with Crippen LogP contribution in [0.4, 0.5) is 0 Å². The third-order valence-electron chi connectivity index (χ3n) is 3.03. The monoisotopic (exact) mass is 275 g/mol. The van der Waals surface area contributed by atoms with Crippen molar-refractivity contribution >= 4 is 11.6 Å². The van der Waals surface area contributed by atoms with Crippen LogP contribution in [0.25, 0.3) is 0 Å². The normalized spacial score (nSPS) is 14.8. The van der Waals surface area contributed by atoms with Gasteiger partial charge >= 0.3 is 0 Å². The van der Waals surface area contributed by atoms with E-state index in [-0.39, 0.29) is 6.61 Å². The second-order valence-corrected chi connectivity index (χ2v) is 5.06. The van der Waals surface area contributed by atoms with Crippen molar-refractivity contribution in [1.29, 1.82) is 0 Å². The van der Waals surface area contributed by atoms with E-state index in [9.17, 15) is 5.11 Å². The standard InChI is InChI=1S/C12H22ClN3O2/c1-9-10(11(13)16(2)15-9)7-12(17,8-18-3)5-4-6-14/h17H,4-8,14H2,1-3H3. The van der Waals surface area contributed by atoms with Gasteiger partial charge in [0.25, 0.3) is 0 Å². The summed E-state index contributed by atoms with van der Waals surface area (Å²) in [4.78, 5) is 0. The van der Waals surface area contributed by atoms with Gasteiger partial charge in [-0.05, 0) is 26.3 Å². The smallest absolute Gasteiger partial charge is 0.130 e. The molecule has 1 aromatic heterocycles. The fourth-order valence-corrected chi connectivity index (χ4v) is 2.36. The van der Waals surface area contributed by atoms with Crippen LogP contribution in [-0.2, 0) is 18.2 Å². The van der Waals surface area contributed by atoms with E-state index in [1.165, 1.54) is 0 Å². The number of nitrogens with two attached hydrogens (primary N) is 1. The Hall–Kier alpha value is -0.620. The van der Waals surface area contributed by atoms with E-state index < -0.39 is 5.60 Å². The number of rotatable bonds is 7. The van der Waals surface area contributed by atoms with Crippen LogP contribution in [0, 0.1) is 6.92 Å². The summed E-state index contributed by atoms with van der Waals surface area (Å²) in [6, 6.07) is 0. The number of aromatic nitrogens is 2. The van der Waals surface area contributed by atoms with Gasteiger partial charge in [-0.2, -0.15) is 5.10 Å². The molecule has 6 heteroatoms. The number of methoxy groups -OCH3 is 1. The summed E-state index contributed by atoms with van der Waals surface area (Å²) in [6.07, 6.45) is 1.76. The molecule has 0 radical (unpaired) electrons. The van der Waals surface area contributed by atoms with E-state index in [4.69, 9.17) is 22.1 Å². The first kappa shape index (κ1) is 15.4. The first-order valence-corrected chi connectivity index (χ1v) is 6.40. The molecule has 0 bridgehead atoms. The molecule has 104 valence electrons. The van der Waals surface area contributed by atoms with E-state index >= 15 is 0 Å². The van der Waals surface area contributed by atoms with Gasteiger partial charge in [-0.1, -0.05) is 11.6 Å². The summed E-state index contributed by atoms with van der Waals surface area (Å²) in [5.41, 5.74) is 6.26. The minimum absolute atomic E-state index is 0.262. The van der Waals surface area contributed by atoms with Crippen molar-refractivity contribution in [3.05, 3.63) is 16.4 Å². The van der Waals surface area contributed by atoms with E-state index in [0.717, 1.165) is 17.7 Å². The van der Waals surface area contributed by atoms with Crippen LogP contribution in [-0.4, -0.2) is 40.7 Å². The van der Waals surface area contributed by atoms with E-state index in [0.29, 0.717) is 24.5 Å². The van der Waals surface area contributed by atoms with Crippen molar-refractivity contribution in [3.8, 4) is 0 Å². The third-order valence-corrected chi connectivity index (χ3v) is 3.51. The molecule has 0 aliphatic heterocycles. The van der Waals surface area contributed by atoms with Gasteiger partial charge in [0, 0.05) is 26.1 Å². The fourth-order valence-electron chi connectivity index (χ4n) is 2.12. The second-order valence-electron chi connectivity index (χ2n) is 4.70. The highest BCUT2D eigenvalue weighted by atomic mass is 35.5. The summed E-state index contributed by atoms with van der Waals surface area (Å²) in [5.74, 6) is 0. The molecule has 5 nitrogen and oxygen atoms in total. The van der Waals surface area contributed by atoms with Crippen LogP contribution in [0.15, 0.2) is 0 Å². The average Bonchev–Trinajstić information content (AvgIpc) is 2.54. The SMILES string of the molecule is COCC(O)(CCCN)Cc1c(C)nn(C)c1Cl. The number of nitrogens with zero attached hydrogens (tertiary/aromatic N) is 2. The summed E-state index contributed by atoms with van der Waals surface area (Å²) in [6.45, 7) is 2.70. The molecule has 1 atom stereocenters. The fraction of sp³-hybridized carbons (Fsp3) is 0.750. The lowest BCUT2D eigenvalue weighted by atomic mass is 9.91. The summed E-state index contributed by atoms with van der Waals surface area (Å²) >= 11 is 6.18. The highest BCUT2D eigenvalue weighted by Crippen LogP contribution is 2.26. The minimum atomic E-state index is -0.939. The molecule has 1 aromatic rings. The van der Waals surface area contributed by atoms with Crippen molar-refractivity contribution in [2.24, 2.45) is 12.8 Å². The highest BCUT2D eigenvalue weighted by molar-refractivity contribution is 6.30. The van der Waals surface area contributed by atoms with Crippen LogP contribution in [0.2, 0.25) is 5.15 Å². The molecule has 0 spiro atoms. The Morgan fingerprint density at radius 2 is 2.22 bits per heavy atom. The Kier molecular flexibility index (Phi) is 5.59. The molecule has 0 aliphatic carbocycles. The molecule has 18 heavy (non-hydrogen) atoms. The Morgan fingerprint density at radius 1 is 1.56 bits per heavy atom. The quantitative estimate of drug-likeness (QED) is 0.780. The summed E-state index contributed by atoms with van der Waals surface area (Å²) in [7, 11) is 3.36. The van der Waals surface area contributed by atoms with Crippen molar-refractivity contribution in [2.45, 2.75) is 31.8 Å². The molecule has 0 saturated carbocycles. The molecular formula is C12H22ClN3O2. The molecule has 0 aliphatic rings. The van der Waals surface area contributed by atoms with Crippen LogP contribution in [0.1, 0.15) is 24.1 Å². The van der Waals surface area contributed by atoms with Gasteiger partial charge in [0.05, 0.1) is 17.9 Å². The van der Waals surface area contributed by atoms with Crippen molar-refractivity contribution < 1.29 is 9.84 Å². The lowest BCUT2D eigenvalue weighted by Gasteiger charge is -2.27. The maximum absolute atomic E-state index is 10.6. The lowest BCUT2D eigenvalue weighted by molar-refractivity contribution is -0.0376. The van der Waals surface area contributed by atoms with Gasteiger partial charge in [-0.3, -0.25) is 4.68 Å². The van der Waals surface area contributed by atoms with Gasteiger partial charge in [0.15, 0.2) is 0 Å². The summed E-state index contributed by atoms with van der Waals surface area (Å²) < 4.78 is 6.72. The molecule has 1 heterocycles. The third kappa shape index (κ3) is 3.68. The number of aryl methyl sites for hydroxylation is 2. The molecular weight excluding hydrogens is 254 g/mol. The Labute approximate surface area is 113 Å². The Bertz CT molecular complexity index is 395. The molecule has 0 amide bonds. The zero-order valence-electron chi connectivity index (χ0n) is 11.2. The number of halogens is 1. The Balaban J connectivity index is 2.88. The molecule has 3 N–H and O–H groups in total. The molecule has 0 aromatic carbocycles. The van der Waals surface area contributed by atoms with Gasteiger partial charge < -0.3 is 15.6 Å². The van der Waals surface area contributed by atoms with Crippen LogP contribution in [0.3, 0.4) is 0 Å². The Morgan fingerprint density at radius 3 is 2.67 bits per heavy atom. The topological polar surface area (TPSA) is 73.3 Å². The molecule has 1 unspecified atom stereocenters. The van der Waals surface area contributed by atoms with Crippen molar-refractivity contribution in [3.63, 3.8) is 0 Å². The van der Waals surface area contributed by atoms with E-state index in [1.54, 1.807) is 18.8 Å². The van der Waals surface area contributed by atoms with Gasteiger partial charge in [-0.15, -0.1) is 0 Å². The van der Waals surface area contributed by atoms with Gasteiger partial charge in [0.2, 0.25) is 0 Å². The van der Waals surface area contributed by atoms with Crippen LogP contribution < -0.4 is 5.73 Å². The number of ether oxygens (including phenoxy) is 1. The van der Waals surface area contributed by atoms with Gasteiger partial charge in [-0.25, -0.2) is 0 Å². The average molecular weight is 276 g/mol. The maximum Gasteiger partial charge on any atom is 0.130 e. The van der Waals surface area contributed by atoms with E-state index in [1.807, 2.05) is 6.92 Å². The van der Waals surface area contributed by atoms with Gasteiger partial charge in [0.1, 0.15) is 5.15 Å². The van der Waals surface area contributed by atoms with Crippen LogP contribution >= 0.6 is 11.6 Å². The van der Waals surface area contributed by atoms with Crippen LogP contribution in [0.5, 0.6) is 0 Å². The van der Waals surface area contributed by atoms with Crippen molar-refractivity contribution in [2.75, 3.05) is 20.3 Å². The first-order valence-electron chi connectivity index (χ1n) is 6.03. The number of aliphatic hydroxyl groups is 1. The molecule has 1 rings (SSSR count). The van der Waals surface area contributed by atoms with Crippen molar-refractivity contribution in [1.82, 2.24) is 9.78 Å². The zero-order chi connectivity index (χ0) is 13.8. The minimum Gasteiger partial charge on any atom is -0.387 e. The maximum atomic E-state index is 10.6. The first-order chi connectivity index (χ1) is 8.43. The zero-order valence-corrected chi connectivity index (χ0v) is 12.0. The number of hydrogen-bond donors (Lipinski definition) is 2. The summed E-state index contributed by atoms with van der Waals surface area (Å²) in [5, 5.41) is 15.4.